The second-order valence-electron chi connectivity index (χ2n) is 5.59. The van der Waals surface area contributed by atoms with Crippen molar-refractivity contribution in [3.63, 3.8) is 0 Å². The molecule has 1 aliphatic rings. The number of furan rings is 1. The van der Waals surface area contributed by atoms with Gasteiger partial charge < -0.3 is 14.6 Å². The molecule has 1 unspecified atom stereocenters. The summed E-state index contributed by atoms with van der Waals surface area (Å²) >= 11 is 0. The van der Waals surface area contributed by atoms with Crippen molar-refractivity contribution >= 4 is 5.91 Å². The fourth-order valence-corrected chi connectivity index (χ4v) is 2.61. The van der Waals surface area contributed by atoms with E-state index < -0.39 is 0 Å². The molecule has 1 aromatic rings. The minimum Gasteiger partial charge on any atom is -0.469 e. The summed E-state index contributed by atoms with van der Waals surface area (Å²) in [5, 5.41) is 3.50. The molecule has 0 aromatic carbocycles. The summed E-state index contributed by atoms with van der Waals surface area (Å²) in [6, 6.07) is 2.39. The summed E-state index contributed by atoms with van der Waals surface area (Å²) in [4.78, 5) is 14.5. The van der Waals surface area contributed by atoms with Crippen LogP contribution in [0.5, 0.6) is 0 Å². The van der Waals surface area contributed by atoms with Gasteiger partial charge in [-0.3, -0.25) is 4.79 Å². The number of amides is 1. The Hall–Kier alpha value is -1.29. The van der Waals surface area contributed by atoms with E-state index in [1.54, 1.807) is 12.3 Å². The lowest BCUT2D eigenvalue weighted by Gasteiger charge is -2.33. The van der Waals surface area contributed by atoms with Crippen LogP contribution < -0.4 is 5.32 Å². The zero-order chi connectivity index (χ0) is 13.8. The molecule has 0 bridgehead atoms. The third-order valence-electron chi connectivity index (χ3n) is 3.80. The number of hydrogen-bond acceptors (Lipinski definition) is 3. The SMILES string of the molecule is Cc1occc1C(=O)N(CC1CCCCN1)C(C)C. The number of piperidine rings is 1. The average Bonchev–Trinajstić information content (AvgIpc) is 2.82. The van der Waals surface area contributed by atoms with Crippen molar-refractivity contribution in [2.75, 3.05) is 13.1 Å². The number of nitrogens with one attached hydrogen (secondary N) is 1. The van der Waals surface area contributed by atoms with Crippen LogP contribution in [-0.4, -0.2) is 36.0 Å². The van der Waals surface area contributed by atoms with Crippen molar-refractivity contribution < 1.29 is 9.21 Å². The lowest BCUT2D eigenvalue weighted by atomic mass is 10.0. The lowest BCUT2D eigenvalue weighted by Crippen LogP contribution is -2.48. The highest BCUT2D eigenvalue weighted by molar-refractivity contribution is 5.95. The molecular formula is C15H24N2O2. The predicted molar refractivity (Wildman–Crippen MR) is 75.3 cm³/mol. The molecule has 2 heterocycles. The van der Waals surface area contributed by atoms with Gasteiger partial charge in [0.15, 0.2) is 0 Å². The molecule has 0 saturated carbocycles. The minimum atomic E-state index is 0.0774. The van der Waals surface area contributed by atoms with Crippen molar-refractivity contribution in [1.82, 2.24) is 10.2 Å². The fraction of sp³-hybridized carbons (Fsp3) is 0.667. The standard InChI is InChI=1S/C15H24N2O2/c1-11(2)17(10-13-6-4-5-8-16-13)15(18)14-7-9-19-12(14)3/h7,9,11,13,16H,4-6,8,10H2,1-3H3. The van der Waals surface area contributed by atoms with Crippen molar-refractivity contribution in [3.05, 3.63) is 23.7 Å². The van der Waals surface area contributed by atoms with Crippen molar-refractivity contribution in [3.8, 4) is 0 Å². The zero-order valence-electron chi connectivity index (χ0n) is 12.1. The molecule has 1 amide bonds. The average molecular weight is 264 g/mol. The van der Waals surface area contributed by atoms with Gasteiger partial charge >= 0.3 is 0 Å². The van der Waals surface area contributed by atoms with E-state index in [2.05, 4.69) is 19.2 Å². The van der Waals surface area contributed by atoms with Gasteiger partial charge in [0.25, 0.3) is 5.91 Å². The van der Waals surface area contributed by atoms with Gasteiger partial charge in [-0.05, 0) is 46.2 Å². The summed E-state index contributed by atoms with van der Waals surface area (Å²) in [5.74, 6) is 0.779. The topological polar surface area (TPSA) is 45.5 Å². The van der Waals surface area contributed by atoms with Gasteiger partial charge in [0.2, 0.25) is 0 Å². The van der Waals surface area contributed by atoms with Gasteiger partial charge in [-0.15, -0.1) is 0 Å². The lowest BCUT2D eigenvalue weighted by molar-refractivity contribution is 0.0675. The Morgan fingerprint density at radius 2 is 2.32 bits per heavy atom. The molecule has 106 valence electrons. The molecule has 1 saturated heterocycles. The van der Waals surface area contributed by atoms with Crippen LogP contribution in [0.4, 0.5) is 0 Å². The summed E-state index contributed by atoms with van der Waals surface area (Å²) < 4.78 is 5.24. The van der Waals surface area contributed by atoms with Crippen LogP contribution >= 0.6 is 0 Å². The molecule has 1 aromatic heterocycles. The number of rotatable bonds is 4. The van der Waals surface area contributed by atoms with Crippen LogP contribution in [0, 0.1) is 6.92 Å². The predicted octanol–water partition coefficient (Wildman–Crippen LogP) is 2.58. The highest BCUT2D eigenvalue weighted by Gasteiger charge is 2.25. The van der Waals surface area contributed by atoms with Crippen molar-refractivity contribution in [2.24, 2.45) is 0 Å². The maximum absolute atomic E-state index is 12.6. The molecule has 0 aliphatic carbocycles. The number of carbonyl (C=O) groups is 1. The van der Waals surface area contributed by atoms with E-state index in [1.807, 2.05) is 11.8 Å². The molecule has 19 heavy (non-hydrogen) atoms. The van der Waals surface area contributed by atoms with Gasteiger partial charge in [0.05, 0.1) is 11.8 Å². The third kappa shape index (κ3) is 3.38. The maximum atomic E-state index is 12.6. The van der Waals surface area contributed by atoms with Gasteiger partial charge in [-0.2, -0.15) is 0 Å². The Balaban J connectivity index is 2.07. The zero-order valence-corrected chi connectivity index (χ0v) is 12.1. The van der Waals surface area contributed by atoms with Crippen molar-refractivity contribution in [1.29, 1.82) is 0 Å². The molecule has 1 aliphatic heterocycles. The molecule has 4 heteroatoms. The first-order chi connectivity index (χ1) is 9.09. The number of hydrogen-bond donors (Lipinski definition) is 1. The van der Waals surface area contributed by atoms with Gasteiger partial charge in [-0.1, -0.05) is 6.42 Å². The Morgan fingerprint density at radius 1 is 1.53 bits per heavy atom. The first-order valence-electron chi connectivity index (χ1n) is 7.18. The summed E-state index contributed by atoms with van der Waals surface area (Å²) in [6.45, 7) is 7.81. The number of aryl methyl sites for hydroxylation is 1. The second kappa shape index (κ2) is 6.24. The van der Waals surface area contributed by atoms with E-state index in [-0.39, 0.29) is 11.9 Å². The molecular weight excluding hydrogens is 240 g/mol. The van der Waals surface area contributed by atoms with Crippen LogP contribution in [0.1, 0.15) is 49.2 Å². The molecule has 2 rings (SSSR count). The van der Waals surface area contributed by atoms with E-state index in [0.29, 0.717) is 17.4 Å². The largest absolute Gasteiger partial charge is 0.469 e. The van der Waals surface area contributed by atoms with E-state index in [9.17, 15) is 4.79 Å². The Kier molecular flexibility index (Phi) is 4.64. The quantitative estimate of drug-likeness (QED) is 0.909. The number of carbonyl (C=O) groups excluding carboxylic acids is 1. The maximum Gasteiger partial charge on any atom is 0.257 e. The third-order valence-corrected chi connectivity index (χ3v) is 3.80. The Labute approximate surface area is 115 Å². The number of nitrogens with zero attached hydrogens (tertiary/aromatic N) is 1. The molecule has 0 spiro atoms. The van der Waals surface area contributed by atoms with Gasteiger partial charge in [0.1, 0.15) is 5.76 Å². The fourth-order valence-electron chi connectivity index (χ4n) is 2.61. The molecule has 1 atom stereocenters. The van der Waals surface area contributed by atoms with E-state index in [4.69, 9.17) is 4.42 Å². The first kappa shape index (κ1) is 14.1. The van der Waals surface area contributed by atoms with E-state index >= 15 is 0 Å². The minimum absolute atomic E-state index is 0.0774. The molecule has 0 radical (unpaired) electrons. The Bertz CT molecular complexity index is 420. The van der Waals surface area contributed by atoms with Gasteiger partial charge in [-0.25, -0.2) is 0 Å². The normalized spacial score (nSPS) is 19.7. The van der Waals surface area contributed by atoms with E-state index in [0.717, 1.165) is 19.5 Å². The summed E-state index contributed by atoms with van der Waals surface area (Å²) in [6.07, 6.45) is 5.23. The van der Waals surface area contributed by atoms with Crippen LogP contribution in [-0.2, 0) is 0 Å². The van der Waals surface area contributed by atoms with Crippen LogP contribution in [0.2, 0.25) is 0 Å². The molecule has 1 N–H and O–H groups in total. The first-order valence-corrected chi connectivity index (χ1v) is 7.18. The van der Waals surface area contributed by atoms with Crippen LogP contribution in [0.3, 0.4) is 0 Å². The summed E-state index contributed by atoms with van der Waals surface area (Å²) in [5.41, 5.74) is 0.685. The highest BCUT2D eigenvalue weighted by Crippen LogP contribution is 2.16. The Morgan fingerprint density at radius 3 is 2.84 bits per heavy atom. The van der Waals surface area contributed by atoms with Crippen LogP contribution in [0.15, 0.2) is 16.7 Å². The molecule has 1 fully saturated rings. The van der Waals surface area contributed by atoms with Crippen molar-refractivity contribution in [2.45, 2.75) is 52.1 Å². The van der Waals surface area contributed by atoms with Gasteiger partial charge in [0, 0.05) is 18.6 Å². The molecule has 4 nitrogen and oxygen atoms in total. The second-order valence-corrected chi connectivity index (χ2v) is 5.59. The van der Waals surface area contributed by atoms with Crippen LogP contribution in [0.25, 0.3) is 0 Å². The smallest absolute Gasteiger partial charge is 0.257 e. The highest BCUT2D eigenvalue weighted by atomic mass is 16.3. The summed E-state index contributed by atoms with van der Waals surface area (Å²) in [7, 11) is 0. The van der Waals surface area contributed by atoms with E-state index in [1.165, 1.54) is 12.8 Å². The monoisotopic (exact) mass is 264 g/mol.